The number of aromatic nitrogens is 1. The Morgan fingerprint density at radius 2 is 2.09 bits per heavy atom. The molecule has 23 heavy (non-hydrogen) atoms. The number of hydrogen-bond acceptors (Lipinski definition) is 5. The van der Waals surface area contributed by atoms with Crippen LogP contribution in [0.15, 0.2) is 34.9 Å². The average Bonchev–Trinajstić information content (AvgIpc) is 3.07. The van der Waals surface area contributed by atoms with Gasteiger partial charge in [0.1, 0.15) is 5.69 Å². The molecule has 1 atom stereocenters. The maximum atomic E-state index is 12.5. The standard InChI is InChI=1S/C17H20N2O4/c1-11(17(21)22-4)10-19(3)16(20)13-7-8-14(18-12(13)2)15-6-5-9-23-15/h5-9,11H,10H2,1-4H3/t11-/m1/s1. The molecule has 0 unspecified atom stereocenters. The van der Waals surface area contributed by atoms with Gasteiger partial charge in [0.05, 0.1) is 30.5 Å². The molecular formula is C17H20N2O4. The van der Waals surface area contributed by atoms with Crippen molar-refractivity contribution in [3.05, 3.63) is 41.8 Å². The Balaban J connectivity index is 2.14. The van der Waals surface area contributed by atoms with Crippen molar-refractivity contribution in [3.63, 3.8) is 0 Å². The normalized spacial score (nSPS) is 11.8. The fraction of sp³-hybridized carbons (Fsp3) is 0.353. The Morgan fingerprint density at radius 3 is 2.65 bits per heavy atom. The number of esters is 1. The molecule has 0 bridgehead atoms. The van der Waals surface area contributed by atoms with E-state index in [2.05, 4.69) is 9.72 Å². The van der Waals surface area contributed by atoms with Gasteiger partial charge in [0.2, 0.25) is 0 Å². The number of hydrogen-bond donors (Lipinski definition) is 0. The lowest BCUT2D eigenvalue weighted by molar-refractivity contribution is -0.145. The molecule has 2 aromatic rings. The largest absolute Gasteiger partial charge is 0.469 e. The van der Waals surface area contributed by atoms with E-state index in [9.17, 15) is 9.59 Å². The van der Waals surface area contributed by atoms with E-state index < -0.39 is 0 Å². The molecule has 0 aliphatic heterocycles. The van der Waals surface area contributed by atoms with E-state index in [0.29, 0.717) is 22.7 Å². The molecule has 0 saturated carbocycles. The minimum absolute atomic E-state index is 0.184. The molecule has 0 spiro atoms. The van der Waals surface area contributed by atoms with Crippen LogP contribution in [-0.2, 0) is 9.53 Å². The summed E-state index contributed by atoms with van der Waals surface area (Å²) in [6.45, 7) is 3.78. The van der Waals surface area contributed by atoms with Gasteiger partial charge in [-0.25, -0.2) is 4.98 Å². The van der Waals surface area contributed by atoms with E-state index in [1.165, 1.54) is 12.0 Å². The topological polar surface area (TPSA) is 72.6 Å². The summed E-state index contributed by atoms with van der Waals surface area (Å²) in [5.74, 6) is -0.256. The van der Waals surface area contributed by atoms with Crippen molar-refractivity contribution < 1.29 is 18.7 Å². The van der Waals surface area contributed by atoms with Gasteiger partial charge in [-0.05, 0) is 31.2 Å². The van der Waals surface area contributed by atoms with E-state index >= 15 is 0 Å². The first-order valence-corrected chi connectivity index (χ1v) is 7.29. The van der Waals surface area contributed by atoms with Crippen molar-refractivity contribution in [2.45, 2.75) is 13.8 Å². The van der Waals surface area contributed by atoms with Gasteiger partial charge in [0.25, 0.3) is 5.91 Å². The van der Waals surface area contributed by atoms with Crippen molar-refractivity contribution in [2.24, 2.45) is 5.92 Å². The minimum Gasteiger partial charge on any atom is -0.469 e. The van der Waals surface area contributed by atoms with Crippen LogP contribution in [0, 0.1) is 12.8 Å². The first kappa shape index (κ1) is 16.7. The molecule has 0 aliphatic rings. The van der Waals surface area contributed by atoms with Gasteiger partial charge in [-0.3, -0.25) is 9.59 Å². The molecule has 2 heterocycles. The number of aryl methyl sites for hydroxylation is 1. The highest BCUT2D eigenvalue weighted by Gasteiger charge is 2.21. The van der Waals surface area contributed by atoms with Gasteiger partial charge in [-0.15, -0.1) is 0 Å². The maximum Gasteiger partial charge on any atom is 0.310 e. The molecule has 122 valence electrons. The van der Waals surface area contributed by atoms with E-state index in [1.54, 1.807) is 45.4 Å². The van der Waals surface area contributed by atoms with Crippen LogP contribution in [0.2, 0.25) is 0 Å². The zero-order valence-electron chi connectivity index (χ0n) is 13.7. The molecule has 2 aromatic heterocycles. The van der Waals surface area contributed by atoms with Gasteiger partial charge in [-0.2, -0.15) is 0 Å². The molecule has 1 amide bonds. The lowest BCUT2D eigenvalue weighted by Crippen LogP contribution is -2.34. The summed E-state index contributed by atoms with van der Waals surface area (Å²) in [4.78, 5) is 29.9. The fourth-order valence-corrected chi connectivity index (χ4v) is 2.32. The lowest BCUT2D eigenvalue weighted by atomic mass is 10.1. The number of amides is 1. The van der Waals surface area contributed by atoms with Crippen LogP contribution in [-0.4, -0.2) is 42.5 Å². The number of rotatable bonds is 5. The summed E-state index contributed by atoms with van der Waals surface area (Å²) in [5, 5.41) is 0. The monoisotopic (exact) mass is 316 g/mol. The maximum absolute atomic E-state index is 12.5. The number of carbonyl (C=O) groups excluding carboxylic acids is 2. The molecule has 0 radical (unpaired) electrons. The molecule has 0 N–H and O–H groups in total. The number of nitrogens with zero attached hydrogens (tertiary/aromatic N) is 2. The Bertz CT molecular complexity index is 695. The summed E-state index contributed by atoms with van der Waals surface area (Å²) in [7, 11) is 2.99. The van der Waals surface area contributed by atoms with Crippen LogP contribution in [0.5, 0.6) is 0 Å². The highest BCUT2D eigenvalue weighted by molar-refractivity contribution is 5.95. The molecule has 0 aromatic carbocycles. The van der Waals surface area contributed by atoms with Crippen molar-refractivity contribution >= 4 is 11.9 Å². The first-order chi connectivity index (χ1) is 10.9. The summed E-state index contributed by atoms with van der Waals surface area (Å²) in [5.41, 5.74) is 1.79. The molecular weight excluding hydrogens is 296 g/mol. The quantitative estimate of drug-likeness (QED) is 0.793. The molecule has 6 nitrogen and oxygen atoms in total. The molecule has 6 heteroatoms. The summed E-state index contributed by atoms with van der Waals surface area (Å²) in [6.07, 6.45) is 1.58. The van der Waals surface area contributed by atoms with Crippen LogP contribution in [0.1, 0.15) is 23.0 Å². The Labute approximate surface area is 135 Å². The van der Waals surface area contributed by atoms with Crippen LogP contribution in [0.25, 0.3) is 11.5 Å². The molecule has 0 fully saturated rings. The second-order valence-corrected chi connectivity index (χ2v) is 5.42. The fourth-order valence-electron chi connectivity index (χ4n) is 2.32. The van der Waals surface area contributed by atoms with E-state index in [-0.39, 0.29) is 24.3 Å². The molecule has 2 rings (SSSR count). The van der Waals surface area contributed by atoms with Gasteiger partial charge >= 0.3 is 5.97 Å². The third-order valence-electron chi connectivity index (χ3n) is 3.59. The van der Waals surface area contributed by atoms with Crippen LogP contribution >= 0.6 is 0 Å². The number of furan rings is 1. The van der Waals surface area contributed by atoms with Crippen molar-refractivity contribution in [3.8, 4) is 11.5 Å². The number of pyridine rings is 1. The summed E-state index contributed by atoms with van der Waals surface area (Å²) < 4.78 is 9.98. The second kappa shape index (κ2) is 7.09. The third kappa shape index (κ3) is 3.77. The van der Waals surface area contributed by atoms with E-state index in [0.717, 1.165) is 0 Å². The molecule has 0 aliphatic carbocycles. The predicted octanol–water partition coefficient (Wildman–Crippen LogP) is 2.53. The van der Waals surface area contributed by atoms with Crippen LogP contribution in [0.4, 0.5) is 0 Å². The van der Waals surface area contributed by atoms with Crippen molar-refractivity contribution in [2.75, 3.05) is 20.7 Å². The van der Waals surface area contributed by atoms with E-state index in [4.69, 9.17) is 4.42 Å². The summed E-state index contributed by atoms with van der Waals surface area (Å²) in [6, 6.07) is 7.07. The average molecular weight is 316 g/mol. The molecule has 0 saturated heterocycles. The SMILES string of the molecule is COC(=O)[C@H](C)CN(C)C(=O)c1ccc(-c2ccco2)nc1C. The Hall–Kier alpha value is -2.63. The van der Waals surface area contributed by atoms with Gasteiger partial charge in [-0.1, -0.05) is 6.92 Å². The zero-order valence-corrected chi connectivity index (χ0v) is 13.7. The van der Waals surface area contributed by atoms with E-state index in [1.807, 2.05) is 6.07 Å². The van der Waals surface area contributed by atoms with Gasteiger partial charge in [0.15, 0.2) is 5.76 Å². The Kier molecular flexibility index (Phi) is 5.16. The lowest BCUT2D eigenvalue weighted by Gasteiger charge is -2.21. The highest BCUT2D eigenvalue weighted by Crippen LogP contribution is 2.20. The van der Waals surface area contributed by atoms with Crippen molar-refractivity contribution in [1.29, 1.82) is 0 Å². The minimum atomic E-state index is -0.385. The number of carbonyl (C=O) groups is 2. The smallest absolute Gasteiger partial charge is 0.310 e. The van der Waals surface area contributed by atoms with Gasteiger partial charge < -0.3 is 14.1 Å². The van der Waals surface area contributed by atoms with Crippen molar-refractivity contribution in [1.82, 2.24) is 9.88 Å². The third-order valence-corrected chi connectivity index (χ3v) is 3.59. The van der Waals surface area contributed by atoms with Gasteiger partial charge in [0, 0.05) is 13.6 Å². The highest BCUT2D eigenvalue weighted by atomic mass is 16.5. The zero-order chi connectivity index (χ0) is 17.0. The van der Waals surface area contributed by atoms with Crippen LogP contribution in [0.3, 0.4) is 0 Å². The number of methoxy groups -OCH3 is 1. The predicted molar refractivity (Wildman–Crippen MR) is 84.8 cm³/mol. The number of ether oxygens (including phenoxy) is 1. The first-order valence-electron chi connectivity index (χ1n) is 7.29. The Morgan fingerprint density at radius 1 is 1.35 bits per heavy atom. The summed E-state index contributed by atoms with van der Waals surface area (Å²) >= 11 is 0. The second-order valence-electron chi connectivity index (χ2n) is 5.42. The van der Waals surface area contributed by atoms with Crippen LogP contribution < -0.4 is 0 Å².